The van der Waals surface area contributed by atoms with Gasteiger partial charge in [0, 0.05) is 0 Å². The smallest absolute Gasteiger partial charge is 0.343 e. The standard InChI is InChI=1S/C25H21NO6S/c1-3-31-24-16-18(15-22(17-26)33(28,29)21-7-5-4-6-8-21)9-14-23(24)32-25(27)19-10-12-20(30-2)13-11-19/h4-16H,3H2,1-2H3/b22-15+. The summed E-state index contributed by atoms with van der Waals surface area (Å²) in [5.74, 6) is 0.421. The van der Waals surface area contributed by atoms with Crippen LogP contribution in [-0.4, -0.2) is 28.1 Å². The second-order valence-electron chi connectivity index (χ2n) is 6.69. The van der Waals surface area contributed by atoms with E-state index in [2.05, 4.69) is 0 Å². The molecule has 168 valence electrons. The summed E-state index contributed by atoms with van der Waals surface area (Å²) >= 11 is 0. The average Bonchev–Trinajstić information content (AvgIpc) is 2.84. The molecule has 0 aliphatic carbocycles. The fraction of sp³-hybridized carbons (Fsp3) is 0.120. The summed E-state index contributed by atoms with van der Waals surface area (Å²) in [6, 6.07) is 20.4. The zero-order valence-corrected chi connectivity index (χ0v) is 18.8. The lowest BCUT2D eigenvalue weighted by atomic mass is 10.2. The van der Waals surface area contributed by atoms with E-state index in [1.165, 1.54) is 43.5 Å². The summed E-state index contributed by atoms with van der Waals surface area (Å²) in [6.07, 6.45) is 1.25. The van der Waals surface area contributed by atoms with Crippen LogP contribution in [0.1, 0.15) is 22.8 Å². The number of hydrogen-bond donors (Lipinski definition) is 0. The summed E-state index contributed by atoms with van der Waals surface area (Å²) in [7, 11) is -2.45. The number of allylic oxidation sites excluding steroid dienone is 1. The van der Waals surface area contributed by atoms with Crippen molar-refractivity contribution < 1.29 is 27.4 Å². The highest BCUT2D eigenvalue weighted by molar-refractivity contribution is 7.95. The molecule has 0 atom stereocenters. The van der Waals surface area contributed by atoms with Crippen molar-refractivity contribution in [2.24, 2.45) is 0 Å². The highest BCUT2D eigenvalue weighted by atomic mass is 32.2. The van der Waals surface area contributed by atoms with Gasteiger partial charge in [0.15, 0.2) is 11.5 Å². The summed E-state index contributed by atoms with van der Waals surface area (Å²) in [4.78, 5) is 12.1. The molecule has 7 nitrogen and oxygen atoms in total. The van der Waals surface area contributed by atoms with Crippen LogP contribution in [-0.2, 0) is 9.84 Å². The van der Waals surface area contributed by atoms with Gasteiger partial charge in [-0.3, -0.25) is 0 Å². The molecule has 3 aromatic rings. The normalized spacial score (nSPS) is 11.4. The predicted molar refractivity (Wildman–Crippen MR) is 123 cm³/mol. The average molecular weight is 464 g/mol. The minimum atomic E-state index is -3.98. The lowest BCUT2D eigenvalue weighted by Crippen LogP contribution is -2.09. The van der Waals surface area contributed by atoms with Gasteiger partial charge in [0.05, 0.1) is 24.2 Å². The number of carbonyl (C=O) groups is 1. The number of nitrogens with zero attached hydrogens (tertiary/aromatic N) is 1. The molecule has 3 aromatic carbocycles. The van der Waals surface area contributed by atoms with Crippen molar-refractivity contribution in [3.05, 3.63) is 88.8 Å². The van der Waals surface area contributed by atoms with E-state index in [0.717, 1.165) is 0 Å². The van der Waals surface area contributed by atoms with Gasteiger partial charge in [-0.1, -0.05) is 24.3 Å². The van der Waals surface area contributed by atoms with E-state index < -0.39 is 20.7 Å². The first-order valence-electron chi connectivity index (χ1n) is 9.94. The Hall–Kier alpha value is -4.09. The zero-order valence-electron chi connectivity index (χ0n) is 18.0. The Bertz CT molecular complexity index is 1310. The Kier molecular flexibility index (Phi) is 7.49. The molecule has 0 aliphatic heterocycles. The molecule has 0 saturated carbocycles. The van der Waals surface area contributed by atoms with Gasteiger partial charge in [-0.15, -0.1) is 0 Å². The van der Waals surface area contributed by atoms with Crippen molar-refractivity contribution in [1.82, 2.24) is 0 Å². The van der Waals surface area contributed by atoms with Crippen LogP contribution in [0.4, 0.5) is 0 Å². The van der Waals surface area contributed by atoms with E-state index in [4.69, 9.17) is 14.2 Å². The molecular formula is C25H21NO6S. The molecule has 0 fully saturated rings. The van der Waals surface area contributed by atoms with Crippen molar-refractivity contribution in [2.75, 3.05) is 13.7 Å². The van der Waals surface area contributed by atoms with E-state index in [0.29, 0.717) is 16.9 Å². The van der Waals surface area contributed by atoms with Gasteiger partial charge >= 0.3 is 5.97 Å². The van der Waals surface area contributed by atoms with Crippen molar-refractivity contribution >= 4 is 21.9 Å². The molecule has 3 rings (SSSR count). The first kappa shape index (κ1) is 23.6. The highest BCUT2D eigenvalue weighted by Crippen LogP contribution is 2.31. The molecule has 0 aliphatic rings. The quantitative estimate of drug-likeness (QED) is 0.272. The van der Waals surface area contributed by atoms with Gasteiger partial charge in [-0.05, 0) is 67.1 Å². The third kappa shape index (κ3) is 5.59. The molecule has 0 unspecified atom stereocenters. The van der Waals surface area contributed by atoms with E-state index in [9.17, 15) is 18.5 Å². The second-order valence-corrected chi connectivity index (χ2v) is 8.61. The number of carbonyl (C=O) groups excluding carboxylic acids is 1. The molecule has 0 saturated heterocycles. The first-order chi connectivity index (χ1) is 15.9. The Morgan fingerprint density at radius 3 is 2.30 bits per heavy atom. The zero-order chi connectivity index (χ0) is 23.8. The number of nitriles is 1. The summed E-state index contributed by atoms with van der Waals surface area (Å²) < 4.78 is 41.7. The topological polar surface area (TPSA) is 103 Å². The number of esters is 1. The van der Waals surface area contributed by atoms with Gasteiger partial charge < -0.3 is 14.2 Å². The van der Waals surface area contributed by atoms with Crippen LogP contribution in [0.25, 0.3) is 6.08 Å². The van der Waals surface area contributed by atoms with Crippen molar-refractivity contribution in [2.45, 2.75) is 11.8 Å². The Morgan fingerprint density at radius 1 is 1.00 bits per heavy atom. The van der Waals surface area contributed by atoms with E-state index in [-0.39, 0.29) is 23.0 Å². The van der Waals surface area contributed by atoms with E-state index in [1.807, 2.05) is 0 Å². The largest absolute Gasteiger partial charge is 0.497 e. The molecule has 0 aromatic heterocycles. The van der Waals surface area contributed by atoms with Crippen LogP contribution in [0, 0.1) is 11.3 Å². The summed E-state index contributed by atoms with van der Waals surface area (Å²) in [5.41, 5.74) is 0.724. The van der Waals surface area contributed by atoms with Crippen LogP contribution >= 0.6 is 0 Å². The number of sulfone groups is 1. The maximum absolute atomic E-state index is 12.8. The molecule has 0 N–H and O–H groups in total. The summed E-state index contributed by atoms with van der Waals surface area (Å²) in [6.45, 7) is 2.05. The Labute approximate surface area is 192 Å². The number of hydrogen-bond acceptors (Lipinski definition) is 7. The summed E-state index contributed by atoms with van der Waals surface area (Å²) in [5, 5.41) is 9.49. The van der Waals surface area contributed by atoms with Gasteiger partial charge in [-0.25, -0.2) is 13.2 Å². The lowest BCUT2D eigenvalue weighted by Gasteiger charge is -2.12. The van der Waals surface area contributed by atoms with Crippen LogP contribution in [0.15, 0.2) is 82.6 Å². The SMILES string of the molecule is CCOc1cc(/C=C(\C#N)S(=O)(=O)c2ccccc2)ccc1OC(=O)c1ccc(OC)cc1. The monoisotopic (exact) mass is 463 g/mol. The van der Waals surface area contributed by atoms with Crippen LogP contribution in [0.3, 0.4) is 0 Å². The lowest BCUT2D eigenvalue weighted by molar-refractivity contribution is 0.0728. The molecule has 0 bridgehead atoms. The molecule has 33 heavy (non-hydrogen) atoms. The van der Waals surface area contributed by atoms with Crippen molar-refractivity contribution in [1.29, 1.82) is 5.26 Å². The molecule has 8 heteroatoms. The number of benzene rings is 3. The fourth-order valence-corrected chi connectivity index (χ4v) is 4.08. The third-order valence-electron chi connectivity index (χ3n) is 4.55. The van der Waals surface area contributed by atoms with E-state index in [1.54, 1.807) is 55.5 Å². The fourth-order valence-electron chi connectivity index (χ4n) is 2.90. The maximum Gasteiger partial charge on any atom is 0.343 e. The molecule has 0 spiro atoms. The molecule has 0 amide bonds. The van der Waals surface area contributed by atoms with Crippen molar-refractivity contribution in [3.8, 4) is 23.3 Å². The number of ether oxygens (including phenoxy) is 3. The molecule has 0 heterocycles. The van der Waals surface area contributed by atoms with Crippen molar-refractivity contribution in [3.63, 3.8) is 0 Å². The van der Waals surface area contributed by atoms with Crippen LogP contribution in [0.5, 0.6) is 17.2 Å². The molecular weight excluding hydrogens is 442 g/mol. The highest BCUT2D eigenvalue weighted by Gasteiger charge is 2.21. The number of methoxy groups -OCH3 is 1. The maximum atomic E-state index is 12.8. The second kappa shape index (κ2) is 10.5. The third-order valence-corrected chi connectivity index (χ3v) is 6.23. The minimum absolute atomic E-state index is 0.0212. The predicted octanol–water partition coefficient (Wildman–Crippen LogP) is 4.65. The van der Waals surface area contributed by atoms with Crippen LogP contribution in [0.2, 0.25) is 0 Å². The first-order valence-corrected chi connectivity index (χ1v) is 11.4. The van der Waals surface area contributed by atoms with E-state index >= 15 is 0 Å². The van der Waals surface area contributed by atoms with Gasteiger partial charge in [0.25, 0.3) is 0 Å². The number of rotatable bonds is 8. The van der Waals surface area contributed by atoms with Crippen LogP contribution < -0.4 is 14.2 Å². The minimum Gasteiger partial charge on any atom is -0.497 e. The Morgan fingerprint density at radius 2 is 1.70 bits per heavy atom. The van der Waals surface area contributed by atoms with Gasteiger partial charge in [0.1, 0.15) is 16.7 Å². The Balaban J connectivity index is 1.91. The van der Waals surface area contributed by atoms with Gasteiger partial charge in [-0.2, -0.15) is 5.26 Å². The molecule has 0 radical (unpaired) electrons. The van der Waals surface area contributed by atoms with Gasteiger partial charge in [0.2, 0.25) is 9.84 Å².